The van der Waals surface area contributed by atoms with E-state index in [-0.39, 0.29) is 6.03 Å². The van der Waals surface area contributed by atoms with Crippen LogP contribution in [0.2, 0.25) is 0 Å². The number of aryl methyl sites for hydroxylation is 1. The van der Waals surface area contributed by atoms with Crippen LogP contribution in [0.3, 0.4) is 0 Å². The Morgan fingerprint density at radius 2 is 1.95 bits per heavy atom. The molecule has 0 fully saturated rings. The van der Waals surface area contributed by atoms with Crippen molar-refractivity contribution in [1.82, 2.24) is 4.98 Å². The molecule has 2 amide bonds. The predicted molar refractivity (Wildman–Crippen MR) is 74.6 cm³/mol. The Morgan fingerprint density at radius 3 is 2.63 bits per heavy atom. The standard InChI is InChI=1S/C14H15N3O2/c1-10-6-7-12(9-15-10)17-14(18)16-11-4-3-5-13(8-11)19-2/h3-9H,1-2H3,(H2,16,17,18). The zero-order valence-electron chi connectivity index (χ0n) is 10.8. The molecule has 5 heteroatoms. The van der Waals surface area contributed by atoms with E-state index in [0.717, 1.165) is 5.69 Å². The summed E-state index contributed by atoms with van der Waals surface area (Å²) in [6, 6.07) is 10.5. The number of hydrogen-bond acceptors (Lipinski definition) is 3. The summed E-state index contributed by atoms with van der Waals surface area (Å²) in [6.45, 7) is 1.89. The van der Waals surface area contributed by atoms with E-state index in [4.69, 9.17) is 4.74 Å². The molecule has 2 N–H and O–H groups in total. The van der Waals surface area contributed by atoms with Gasteiger partial charge in [-0.2, -0.15) is 0 Å². The SMILES string of the molecule is COc1cccc(NC(=O)Nc2ccc(C)nc2)c1. The van der Waals surface area contributed by atoms with E-state index in [9.17, 15) is 4.79 Å². The number of carbonyl (C=O) groups excluding carboxylic acids is 1. The second kappa shape index (κ2) is 5.86. The Labute approximate surface area is 111 Å². The quantitative estimate of drug-likeness (QED) is 0.888. The molecule has 1 heterocycles. The van der Waals surface area contributed by atoms with Crippen molar-refractivity contribution in [2.75, 3.05) is 17.7 Å². The molecule has 0 saturated carbocycles. The van der Waals surface area contributed by atoms with Gasteiger partial charge < -0.3 is 15.4 Å². The lowest BCUT2D eigenvalue weighted by molar-refractivity contribution is 0.262. The van der Waals surface area contributed by atoms with Gasteiger partial charge in [0.15, 0.2) is 0 Å². The number of rotatable bonds is 3. The van der Waals surface area contributed by atoms with Crippen LogP contribution >= 0.6 is 0 Å². The summed E-state index contributed by atoms with van der Waals surface area (Å²) in [5.74, 6) is 0.690. The highest BCUT2D eigenvalue weighted by Crippen LogP contribution is 2.17. The number of carbonyl (C=O) groups is 1. The third-order valence-corrected chi connectivity index (χ3v) is 2.50. The summed E-state index contributed by atoms with van der Waals surface area (Å²) >= 11 is 0. The minimum absolute atomic E-state index is 0.320. The van der Waals surface area contributed by atoms with Gasteiger partial charge in [-0.3, -0.25) is 4.98 Å². The molecular formula is C14H15N3O2. The molecular weight excluding hydrogens is 242 g/mol. The van der Waals surface area contributed by atoms with Crippen LogP contribution in [0, 0.1) is 6.92 Å². The van der Waals surface area contributed by atoms with Crippen molar-refractivity contribution in [1.29, 1.82) is 0 Å². The lowest BCUT2D eigenvalue weighted by Crippen LogP contribution is -2.19. The zero-order valence-corrected chi connectivity index (χ0v) is 10.8. The van der Waals surface area contributed by atoms with Gasteiger partial charge in [0.05, 0.1) is 19.0 Å². The van der Waals surface area contributed by atoms with Crippen molar-refractivity contribution in [3.63, 3.8) is 0 Å². The van der Waals surface area contributed by atoms with Gasteiger partial charge in [-0.25, -0.2) is 4.79 Å². The average Bonchev–Trinajstić information content (AvgIpc) is 2.41. The highest BCUT2D eigenvalue weighted by Gasteiger charge is 2.03. The first-order chi connectivity index (χ1) is 9.17. The van der Waals surface area contributed by atoms with Crippen molar-refractivity contribution in [3.8, 4) is 5.75 Å². The van der Waals surface area contributed by atoms with Crippen molar-refractivity contribution < 1.29 is 9.53 Å². The number of nitrogens with zero attached hydrogens (tertiary/aromatic N) is 1. The molecule has 2 rings (SSSR count). The highest BCUT2D eigenvalue weighted by atomic mass is 16.5. The molecule has 1 aromatic carbocycles. The fourth-order valence-electron chi connectivity index (χ4n) is 1.54. The van der Waals surface area contributed by atoms with Crippen LogP contribution in [0.1, 0.15) is 5.69 Å². The summed E-state index contributed by atoms with van der Waals surface area (Å²) in [5, 5.41) is 5.42. The molecule has 0 aliphatic carbocycles. The van der Waals surface area contributed by atoms with Crippen molar-refractivity contribution in [2.45, 2.75) is 6.92 Å². The Balaban J connectivity index is 1.99. The molecule has 0 spiro atoms. The number of ether oxygens (including phenoxy) is 1. The van der Waals surface area contributed by atoms with E-state index in [1.54, 1.807) is 31.5 Å². The van der Waals surface area contributed by atoms with Crippen LogP contribution in [-0.2, 0) is 0 Å². The second-order valence-electron chi connectivity index (χ2n) is 4.00. The number of benzene rings is 1. The number of anilines is 2. The molecule has 0 radical (unpaired) electrons. The van der Waals surface area contributed by atoms with Crippen molar-refractivity contribution in [3.05, 3.63) is 48.3 Å². The lowest BCUT2D eigenvalue weighted by atomic mass is 10.3. The van der Waals surface area contributed by atoms with Crippen LogP contribution in [0.25, 0.3) is 0 Å². The van der Waals surface area contributed by atoms with Gasteiger partial charge in [-0.05, 0) is 31.2 Å². The van der Waals surface area contributed by atoms with Crippen LogP contribution < -0.4 is 15.4 Å². The molecule has 0 aliphatic rings. The lowest BCUT2D eigenvalue weighted by Gasteiger charge is -2.08. The molecule has 19 heavy (non-hydrogen) atoms. The highest BCUT2D eigenvalue weighted by molar-refractivity contribution is 5.99. The zero-order chi connectivity index (χ0) is 13.7. The number of methoxy groups -OCH3 is 1. The van der Waals surface area contributed by atoms with E-state index in [0.29, 0.717) is 17.1 Å². The van der Waals surface area contributed by atoms with E-state index in [2.05, 4.69) is 15.6 Å². The number of hydrogen-bond donors (Lipinski definition) is 2. The molecule has 0 aliphatic heterocycles. The predicted octanol–water partition coefficient (Wildman–Crippen LogP) is 3.04. The number of urea groups is 1. The Hall–Kier alpha value is -2.56. The Bertz CT molecular complexity index is 567. The maximum Gasteiger partial charge on any atom is 0.323 e. The third-order valence-electron chi connectivity index (χ3n) is 2.50. The van der Waals surface area contributed by atoms with Gasteiger partial charge in [0.25, 0.3) is 0 Å². The summed E-state index contributed by atoms with van der Waals surface area (Å²) in [7, 11) is 1.58. The van der Waals surface area contributed by atoms with Gasteiger partial charge in [0.1, 0.15) is 5.75 Å². The fourth-order valence-corrected chi connectivity index (χ4v) is 1.54. The van der Waals surface area contributed by atoms with E-state index in [1.807, 2.05) is 25.1 Å². The van der Waals surface area contributed by atoms with Crippen molar-refractivity contribution >= 4 is 17.4 Å². The molecule has 98 valence electrons. The summed E-state index contributed by atoms with van der Waals surface area (Å²) < 4.78 is 5.09. The van der Waals surface area contributed by atoms with E-state index in [1.165, 1.54) is 0 Å². The normalized spacial score (nSPS) is 9.79. The largest absolute Gasteiger partial charge is 0.497 e. The van der Waals surface area contributed by atoms with Gasteiger partial charge in [0, 0.05) is 17.4 Å². The van der Waals surface area contributed by atoms with Crippen LogP contribution in [-0.4, -0.2) is 18.1 Å². The van der Waals surface area contributed by atoms with Gasteiger partial charge in [0.2, 0.25) is 0 Å². The number of pyridine rings is 1. The summed E-state index contributed by atoms with van der Waals surface area (Å²) in [6.07, 6.45) is 1.61. The minimum atomic E-state index is -0.320. The topological polar surface area (TPSA) is 63.2 Å². The van der Waals surface area contributed by atoms with Gasteiger partial charge in [-0.1, -0.05) is 6.07 Å². The fraction of sp³-hybridized carbons (Fsp3) is 0.143. The average molecular weight is 257 g/mol. The van der Waals surface area contributed by atoms with Crippen molar-refractivity contribution in [2.24, 2.45) is 0 Å². The Kier molecular flexibility index (Phi) is 3.97. The van der Waals surface area contributed by atoms with Gasteiger partial charge in [-0.15, -0.1) is 0 Å². The number of aromatic nitrogens is 1. The maximum absolute atomic E-state index is 11.8. The molecule has 1 aromatic heterocycles. The molecule has 0 unspecified atom stereocenters. The van der Waals surface area contributed by atoms with Crippen LogP contribution in [0.4, 0.5) is 16.2 Å². The molecule has 5 nitrogen and oxygen atoms in total. The number of nitrogens with one attached hydrogen (secondary N) is 2. The van der Waals surface area contributed by atoms with Gasteiger partial charge >= 0.3 is 6.03 Å². The monoisotopic (exact) mass is 257 g/mol. The molecule has 2 aromatic rings. The second-order valence-corrected chi connectivity index (χ2v) is 4.00. The summed E-state index contributed by atoms with van der Waals surface area (Å²) in [5.41, 5.74) is 2.21. The first-order valence-electron chi connectivity index (χ1n) is 5.82. The van der Waals surface area contributed by atoms with Crippen LogP contribution in [0.15, 0.2) is 42.6 Å². The molecule has 0 atom stereocenters. The molecule has 0 saturated heterocycles. The first-order valence-corrected chi connectivity index (χ1v) is 5.82. The third kappa shape index (κ3) is 3.70. The summed E-state index contributed by atoms with van der Waals surface area (Å²) in [4.78, 5) is 15.9. The van der Waals surface area contributed by atoms with Crippen LogP contribution in [0.5, 0.6) is 5.75 Å². The Morgan fingerprint density at radius 1 is 1.16 bits per heavy atom. The van der Waals surface area contributed by atoms with E-state index < -0.39 is 0 Å². The molecule has 0 bridgehead atoms. The maximum atomic E-state index is 11.8. The minimum Gasteiger partial charge on any atom is -0.497 e. The number of amides is 2. The van der Waals surface area contributed by atoms with E-state index >= 15 is 0 Å². The first kappa shape index (κ1) is 12.9. The smallest absolute Gasteiger partial charge is 0.323 e.